The van der Waals surface area contributed by atoms with Crippen molar-refractivity contribution in [2.45, 2.75) is 33.2 Å². The van der Waals surface area contributed by atoms with Gasteiger partial charge in [-0.15, -0.1) is 0 Å². The van der Waals surface area contributed by atoms with E-state index >= 15 is 0 Å². The van der Waals surface area contributed by atoms with Gasteiger partial charge < -0.3 is 16.8 Å². The molecule has 0 aliphatic rings. The summed E-state index contributed by atoms with van der Waals surface area (Å²) in [6.45, 7) is 6.28. The number of nitrogens with two attached hydrogens (primary N) is 2. The van der Waals surface area contributed by atoms with E-state index in [1.165, 1.54) is 29.2 Å². The predicted molar refractivity (Wildman–Crippen MR) is 135 cm³/mol. The fourth-order valence-corrected chi connectivity index (χ4v) is 4.32. The van der Waals surface area contributed by atoms with Crippen LogP contribution in [0.25, 0.3) is 0 Å². The highest BCUT2D eigenvalue weighted by atomic mass is 32.1. The maximum absolute atomic E-state index is 13.9. The number of carbonyl (C=O) groups is 3. The number of amides is 3. The maximum atomic E-state index is 13.9. The molecule has 1 aromatic heterocycles. The van der Waals surface area contributed by atoms with Crippen LogP contribution in [0.5, 0.6) is 0 Å². The van der Waals surface area contributed by atoms with E-state index in [9.17, 15) is 18.8 Å². The van der Waals surface area contributed by atoms with Crippen LogP contribution in [0.2, 0.25) is 0 Å². The quantitative estimate of drug-likeness (QED) is 0.414. The van der Waals surface area contributed by atoms with Crippen LogP contribution < -0.4 is 21.7 Å². The van der Waals surface area contributed by atoms with Crippen LogP contribution in [0.1, 0.15) is 57.6 Å². The standard InChI is InChI=1S/C25H28FN5O3S/c1-14(2)12-13-29-24(33)21(16-8-10-17(26)11-9-16)31(18-7-5-4-6-15(18)3)25(34)22-19(27)20(23(28)32)30-35-22/h4-11,14,21H,12-13,27H2,1-3H3,(H2,28,32)(H,29,33). The summed E-state index contributed by atoms with van der Waals surface area (Å²) in [5.74, 6) is -2.04. The Hall–Kier alpha value is -3.79. The first-order valence-electron chi connectivity index (χ1n) is 11.1. The fraction of sp³-hybridized carbons (Fsp3) is 0.280. The van der Waals surface area contributed by atoms with Gasteiger partial charge in [-0.25, -0.2) is 4.39 Å². The summed E-state index contributed by atoms with van der Waals surface area (Å²) in [5.41, 5.74) is 12.6. The number of hydrogen-bond acceptors (Lipinski definition) is 6. The molecule has 35 heavy (non-hydrogen) atoms. The van der Waals surface area contributed by atoms with E-state index in [1.54, 1.807) is 25.1 Å². The molecule has 3 aromatic rings. The molecule has 5 N–H and O–H groups in total. The average Bonchev–Trinajstić information content (AvgIpc) is 3.20. The highest BCUT2D eigenvalue weighted by Crippen LogP contribution is 2.34. The SMILES string of the molecule is Cc1ccccc1N(C(=O)c1snc(C(N)=O)c1N)C(C(=O)NCCC(C)C)c1ccc(F)cc1. The summed E-state index contributed by atoms with van der Waals surface area (Å²) in [6, 6.07) is 11.3. The second-order valence-corrected chi connectivity index (χ2v) is 9.30. The van der Waals surface area contributed by atoms with Crippen molar-refractivity contribution in [3.63, 3.8) is 0 Å². The molecule has 3 amide bonds. The number of benzene rings is 2. The molecule has 8 nitrogen and oxygen atoms in total. The van der Waals surface area contributed by atoms with Gasteiger partial charge in [0.1, 0.15) is 16.7 Å². The van der Waals surface area contributed by atoms with Gasteiger partial charge in [0.05, 0.1) is 5.69 Å². The molecule has 0 spiro atoms. The number of aromatic nitrogens is 1. The Kier molecular flexibility index (Phi) is 8.18. The molecule has 1 heterocycles. The molecule has 10 heteroatoms. The Balaban J connectivity index is 2.17. The lowest BCUT2D eigenvalue weighted by molar-refractivity contribution is -0.122. The van der Waals surface area contributed by atoms with Crippen molar-refractivity contribution in [1.29, 1.82) is 0 Å². The van der Waals surface area contributed by atoms with Crippen LogP contribution in [0.15, 0.2) is 48.5 Å². The average molecular weight is 498 g/mol. The Bertz CT molecular complexity index is 1230. The number of anilines is 2. The van der Waals surface area contributed by atoms with Gasteiger partial charge in [-0.2, -0.15) is 4.37 Å². The van der Waals surface area contributed by atoms with Crippen molar-refractivity contribution in [1.82, 2.24) is 9.69 Å². The molecule has 1 unspecified atom stereocenters. The number of carbonyl (C=O) groups excluding carboxylic acids is 3. The van der Waals surface area contributed by atoms with Crippen molar-refractivity contribution in [3.05, 3.63) is 76.0 Å². The third-order valence-corrected chi connectivity index (χ3v) is 6.31. The van der Waals surface area contributed by atoms with Gasteiger partial charge >= 0.3 is 0 Å². The molecule has 3 rings (SSSR count). The molecule has 0 saturated heterocycles. The minimum atomic E-state index is -1.14. The van der Waals surface area contributed by atoms with Crippen molar-refractivity contribution in [2.75, 3.05) is 17.2 Å². The molecule has 2 aromatic carbocycles. The number of rotatable bonds is 9. The van der Waals surface area contributed by atoms with Crippen LogP contribution in [0.3, 0.4) is 0 Å². The lowest BCUT2D eigenvalue weighted by Gasteiger charge is -2.32. The molecule has 0 aliphatic heterocycles. The molecule has 0 aliphatic carbocycles. The van der Waals surface area contributed by atoms with Gasteiger partial charge in [-0.1, -0.05) is 44.2 Å². The molecule has 1 atom stereocenters. The zero-order valence-electron chi connectivity index (χ0n) is 19.7. The van der Waals surface area contributed by atoms with Gasteiger partial charge in [0.25, 0.3) is 11.8 Å². The molecule has 0 bridgehead atoms. The highest BCUT2D eigenvalue weighted by molar-refractivity contribution is 7.09. The second-order valence-electron chi connectivity index (χ2n) is 8.53. The van der Waals surface area contributed by atoms with Gasteiger partial charge in [0, 0.05) is 12.2 Å². The van der Waals surface area contributed by atoms with Crippen molar-refractivity contribution in [3.8, 4) is 0 Å². The zero-order valence-corrected chi connectivity index (χ0v) is 20.6. The second kappa shape index (κ2) is 11.1. The van der Waals surface area contributed by atoms with Crippen LogP contribution >= 0.6 is 11.5 Å². The van der Waals surface area contributed by atoms with Crippen LogP contribution in [-0.4, -0.2) is 28.6 Å². The van der Waals surface area contributed by atoms with Crippen LogP contribution in [-0.2, 0) is 4.79 Å². The minimum absolute atomic E-state index is 0.0239. The van der Waals surface area contributed by atoms with Crippen molar-refractivity contribution < 1.29 is 18.8 Å². The molecule has 0 saturated carbocycles. The van der Waals surface area contributed by atoms with Gasteiger partial charge in [-0.05, 0) is 60.1 Å². The Morgan fingerprint density at radius 2 is 1.77 bits per heavy atom. The monoisotopic (exact) mass is 497 g/mol. The number of nitrogen functional groups attached to an aromatic ring is 1. The summed E-state index contributed by atoms with van der Waals surface area (Å²) in [6.07, 6.45) is 0.740. The molecule has 0 fully saturated rings. The van der Waals surface area contributed by atoms with Gasteiger partial charge in [0.2, 0.25) is 5.91 Å². The summed E-state index contributed by atoms with van der Waals surface area (Å²) in [7, 11) is 0. The summed E-state index contributed by atoms with van der Waals surface area (Å²) in [5, 5.41) is 2.90. The van der Waals surface area contributed by atoms with E-state index in [4.69, 9.17) is 11.5 Å². The number of nitrogens with one attached hydrogen (secondary N) is 1. The first kappa shape index (κ1) is 25.8. The van der Waals surface area contributed by atoms with E-state index in [0.717, 1.165) is 23.5 Å². The third-order valence-electron chi connectivity index (χ3n) is 5.46. The van der Waals surface area contributed by atoms with Crippen LogP contribution in [0, 0.1) is 18.7 Å². The number of primary amides is 1. The number of hydrogen-bond donors (Lipinski definition) is 3. The van der Waals surface area contributed by atoms with Gasteiger partial charge in [-0.3, -0.25) is 19.3 Å². The molecular weight excluding hydrogens is 469 g/mol. The molecule has 184 valence electrons. The topological polar surface area (TPSA) is 131 Å². The molecular formula is C25H28FN5O3S. The lowest BCUT2D eigenvalue weighted by atomic mass is 10.0. The Labute approximate surface area is 207 Å². The summed E-state index contributed by atoms with van der Waals surface area (Å²) >= 11 is 0.731. The van der Waals surface area contributed by atoms with E-state index in [0.29, 0.717) is 23.7 Å². The highest BCUT2D eigenvalue weighted by Gasteiger charge is 2.36. The number of para-hydroxylation sites is 1. The maximum Gasteiger partial charge on any atom is 0.273 e. The number of halogens is 1. The van der Waals surface area contributed by atoms with Crippen molar-refractivity contribution >= 4 is 40.6 Å². The largest absolute Gasteiger partial charge is 0.395 e. The Morgan fingerprint density at radius 3 is 2.34 bits per heavy atom. The first-order chi connectivity index (χ1) is 16.6. The van der Waals surface area contributed by atoms with E-state index in [2.05, 4.69) is 9.69 Å². The third kappa shape index (κ3) is 5.83. The summed E-state index contributed by atoms with van der Waals surface area (Å²) in [4.78, 5) is 40.5. The predicted octanol–water partition coefficient (Wildman–Crippen LogP) is 3.82. The first-order valence-corrected chi connectivity index (χ1v) is 11.9. The zero-order chi connectivity index (χ0) is 25.7. The lowest BCUT2D eigenvalue weighted by Crippen LogP contribution is -2.44. The van der Waals surface area contributed by atoms with E-state index in [-0.39, 0.29) is 16.3 Å². The summed E-state index contributed by atoms with van der Waals surface area (Å²) < 4.78 is 17.7. The van der Waals surface area contributed by atoms with Gasteiger partial charge in [0.15, 0.2) is 5.69 Å². The Morgan fingerprint density at radius 1 is 1.11 bits per heavy atom. The number of nitrogens with zero attached hydrogens (tertiary/aromatic N) is 2. The minimum Gasteiger partial charge on any atom is -0.395 e. The van der Waals surface area contributed by atoms with Crippen LogP contribution in [0.4, 0.5) is 15.8 Å². The number of aryl methyl sites for hydroxylation is 1. The van der Waals surface area contributed by atoms with E-state index in [1.807, 2.05) is 19.9 Å². The normalized spacial score (nSPS) is 11.8. The molecule has 0 radical (unpaired) electrons. The fourth-order valence-electron chi connectivity index (χ4n) is 3.58. The smallest absolute Gasteiger partial charge is 0.273 e. The van der Waals surface area contributed by atoms with E-state index < -0.39 is 29.6 Å². The van der Waals surface area contributed by atoms with Crippen molar-refractivity contribution in [2.24, 2.45) is 11.7 Å².